The van der Waals surface area contributed by atoms with Crippen molar-refractivity contribution in [1.29, 1.82) is 0 Å². The molecule has 0 aromatic heterocycles. The number of amides is 1. The Morgan fingerprint density at radius 3 is 2.72 bits per heavy atom. The summed E-state index contributed by atoms with van der Waals surface area (Å²) in [5.74, 6) is 1.50. The van der Waals surface area contributed by atoms with Crippen LogP contribution in [0, 0.1) is 12.8 Å². The van der Waals surface area contributed by atoms with Crippen molar-refractivity contribution in [3.8, 4) is 5.75 Å². The van der Waals surface area contributed by atoms with Gasteiger partial charge in [0.05, 0.1) is 6.54 Å². The molecular formula is C20H25ClN2O2. The van der Waals surface area contributed by atoms with Crippen LogP contribution in [-0.2, 0) is 11.4 Å². The fraction of sp³-hybridized carbons (Fsp3) is 0.350. The molecule has 0 aliphatic heterocycles. The van der Waals surface area contributed by atoms with Gasteiger partial charge in [0.2, 0.25) is 5.91 Å². The van der Waals surface area contributed by atoms with E-state index in [4.69, 9.17) is 4.74 Å². The molecule has 1 fully saturated rings. The Morgan fingerprint density at radius 1 is 1.16 bits per heavy atom. The molecule has 25 heavy (non-hydrogen) atoms. The lowest BCUT2D eigenvalue weighted by atomic mass is 10.1. The molecule has 0 radical (unpaired) electrons. The summed E-state index contributed by atoms with van der Waals surface area (Å²) >= 11 is 0. The lowest BCUT2D eigenvalue weighted by Gasteiger charge is -2.11. The van der Waals surface area contributed by atoms with Gasteiger partial charge in [-0.15, -0.1) is 12.4 Å². The second kappa shape index (κ2) is 9.44. The summed E-state index contributed by atoms with van der Waals surface area (Å²) in [6.45, 7) is 3.88. The number of halogens is 1. The maximum Gasteiger partial charge on any atom is 0.238 e. The number of rotatable bonds is 8. The fourth-order valence-corrected chi connectivity index (χ4v) is 2.51. The highest BCUT2D eigenvalue weighted by atomic mass is 35.5. The first-order valence-corrected chi connectivity index (χ1v) is 8.48. The van der Waals surface area contributed by atoms with Crippen LogP contribution in [0.2, 0.25) is 0 Å². The largest absolute Gasteiger partial charge is 0.489 e. The van der Waals surface area contributed by atoms with Crippen LogP contribution in [0.3, 0.4) is 0 Å². The van der Waals surface area contributed by atoms with E-state index >= 15 is 0 Å². The summed E-state index contributed by atoms with van der Waals surface area (Å²) < 4.78 is 5.85. The van der Waals surface area contributed by atoms with Crippen LogP contribution < -0.4 is 15.4 Å². The van der Waals surface area contributed by atoms with Gasteiger partial charge in [0, 0.05) is 11.8 Å². The number of carbonyl (C=O) groups is 1. The predicted octanol–water partition coefficient (Wildman–Crippen LogP) is 3.93. The average Bonchev–Trinajstić information content (AvgIpc) is 3.39. The SMILES string of the molecule is Cc1ccccc1COc1cccc(NC(=O)CNCC2CC2)c1.Cl. The van der Waals surface area contributed by atoms with Crippen LogP contribution in [0.1, 0.15) is 24.0 Å². The zero-order valence-electron chi connectivity index (χ0n) is 14.5. The fourth-order valence-electron chi connectivity index (χ4n) is 2.51. The van der Waals surface area contributed by atoms with Crippen molar-refractivity contribution < 1.29 is 9.53 Å². The number of aryl methyl sites for hydroxylation is 1. The first-order valence-electron chi connectivity index (χ1n) is 8.48. The van der Waals surface area contributed by atoms with E-state index in [2.05, 4.69) is 29.7 Å². The van der Waals surface area contributed by atoms with Gasteiger partial charge in [-0.05, 0) is 55.5 Å². The summed E-state index contributed by atoms with van der Waals surface area (Å²) in [5, 5.41) is 6.10. The smallest absolute Gasteiger partial charge is 0.238 e. The maximum absolute atomic E-state index is 11.9. The number of carbonyl (C=O) groups excluding carboxylic acids is 1. The number of nitrogens with one attached hydrogen (secondary N) is 2. The summed E-state index contributed by atoms with van der Waals surface area (Å²) in [6.07, 6.45) is 2.57. The molecule has 0 spiro atoms. The summed E-state index contributed by atoms with van der Waals surface area (Å²) in [6, 6.07) is 15.7. The monoisotopic (exact) mass is 360 g/mol. The van der Waals surface area contributed by atoms with Gasteiger partial charge in [-0.25, -0.2) is 0 Å². The van der Waals surface area contributed by atoms with Crippen molar-refractivity contribution in [2.75, 3.05) is 18.4 Å². The Hall–Kier alpha value is -2.04. The molecule has 1 amide bonds. The number of hydrogen-bond acceptors (Lipinski definition) is 3. The van der Waals surface area contributed by atoms with Crippen molar-refractivity contribution in [3.05, 3.63) is 59.7 Å². The number of ether oxygens (including phenoxy) is 1. The molecule has 4 nitrogen and oxygen atoms in total. The van der Waals surface area contributed by atoms with E-state index in [9.17, 15) is 4.79 Å². The topological polar surface area (TPSA) is 50.4 Å². The highest BCUT2D eigenvalue weighted by Crippen LogP contribution is 2.27. The van der Waals surface area contributed by atoms with Crippen molar-refractivity contribution in [3.63, 3.8) is 0 Å². The first-order chi connectivity index (χ1) is 11.7. The number of anilines is 1. The van der Waals surface area contributed by atoms with Crippen molar-refractivity contribution in [2.45, 2.75) is 26.4 Å². The third-order valence-corrected chi connectivity index (χ3v) is 4.19. The van der Waals surface area contributed by atoms with Crippen LogP contribution in [0.25, 0.3) is 0 Å². The standard InChI is InChI=1S/C20H24N2O2.ClH/c1-15-5-2-3-6-17(15)14-24-19-8-4-7-18(11-19)22-20(23)13-21-12-16-9-10-16;/h2-8,11,16,21H,9-10,12-14H2,1H3,(H,22,23);1H. The van der Waals surface area contributed by atoms with Crippen molar-refractivity contribution in [1.82, 2.24) is 5.32 Å². The Labute approximate surface area is 155 Å². The lowest BCUT2D eigenvalue weighted by Crippen LogP contribution is -2.29. The second-order valence-corrected chi connectivity index (χ2v) is 6.37. The molecule has 0 bridgehead atoms. The second-order valence-electron chi connectivity index (χ2n) is 6.37. The van der Waals surface area contributed by atoms with Gasteiger partial charge in [-0.3, -0.25) is 4.79 Å². The lowest BCUT2D eigenvalue weighted by molar-refractivity contribution is -0.115. The quantitative estimate of drug-likeness (QED) is 0.749. The summed E-state index contributed by atoms with van der Waals surface area (Å²) in [7, 11) is 0. The molecule has 0 heterocycles. The van der Waals surface area contributed by atoms with Gasteiger partial charge >= 0.3 is 0 Å². The van der Waals surface area contributed by atoms with Crippen molar-refractivity contribution in [2.24, 2.45) is 5.92 Å². The molecule has 2 aromatic carbocycles. The third kappa shape index (κ3) is 6.40. The van der Waals surface area contributed by atoms with E-state index < -0.39 is 0 Å². The highest BCUT2D eigenvalue weighted by molar-refractivity contribution is 5.92. The zero-order valence-corrected chi connectivity index (χ0v) is 15.3. The Balaban J connectivity index is 0.00000225. The van der Waals surface area contributed by atoms with E-state index in [0.29, 0.717) is 13.2 Å². The first kappa shape index (κ1) is 19.3. The molecule has 2 N–H and O–H groups in total. The van der Waals surface area contributed by atoms with Crippen LogP contribution in [0.4, 0.5) is 5.69 Å². The predicted molar refractivity (Wildman–Crippen MR) is 103 cm³/mol. The van der Waals surface area contributed by atoms with Crippen LogP contribution in [0.15, 0.2) is 48.5 Å². The van der Waals surface area contributed by atoms with E-state index in [-0.39, 0.29) is 18.3 Å². The zero-order chi connectivity index (χ0) is 16.8. The van der Waals surface area contributed by atoms with Crippen LogP contribution in [-0.4, -0.2) is 19.0 Å². The Morgan fingerprint density at radius 2 is 1.96 bits per heavy atom. The van der Waals surface area contributed by atoms with Gasteiger partial charge in [-0.2, -0.15) is 0 Å². The Kier molecular flexibility index (Phi) is 7.29. The number of hydrogen-bond donors (Lipinski definition) is 2. The third-order valence-electron chi connectivity index (χ3n) is 4.19. The van der Waals surface area contributed by atoms with Gasteiger partial charge in [0.25, 0.3) is 0 Å². The van der Waals surface area contributed by atoms with Gasteiger partial charge in [0.15, 0.2) is 0 Å². The van der Waals surface area contributed by atoms with E-state index in [1.165, 1.54) is 18.4 Å². The highest BCUT2D eigenvalue weighted by Gasteiger charge is 2.20. The molecule has 1 saturated carbocycles. The molecule has 1 aliphatic carbocycles. The minimum atomic E-state index is -0.0216. The van der Waals surface area contributed by atoms with Crippen LogP contribution in [0.5, 0.6) is 5.75 Å². The molecule has 3 rings (SSSR count). The Bertz CT molecular complexity index is 702. The molecule has 0 unspecified atom stereocenters. The van der Waals surface area contributed by atoms with Gasteiger partial charge in [0.1, 0.15) is 12.4 Å². The van der Waals surface area contributed by atoms with E-state index in [0.717, 1.165) is 29.5 Å². The summed E-state index contributed by atoms with van der Waals surface area (Å²) in [4.78, 5) is 11.9. The van der Waals surface area contributed by atoms with E-state index in [1.54, 1.807) is 0 Å². The molecule has 134 valence electrons. The maximum atomic E-state index is 11.9. The number of benzene rings is 2. The van der Waals surface area contributed by atoms with Crippen molar-refractivity contribution >= 4 is 24.0 Å². The minimum absolute atomic E-state index is 0. The molecule has 5 heteroatoms. The minimum Gasteiger partial charge on any atom is -0.489 e. The molecule has 0 atom stereocenters. The van der Waals surface area contributed by atoms with Gasteiger partial charge in [-0.1, -0.05) is 30.3 Å². The normalized spacial score (nSPS) is 13.0. The summed E-state index contributed by atoms with van der Waals surface area (Å²) in [5.41, 5.74) is 3.13. The molecule has 2 aromatic rings. The van der Waals surface area contributed by atoms with Gasteiger partial charge < -0.3 is 15.4 Å². The van der Waals surface area contributed by atoms with E-state index in [1.807, 2.05) is 36.4 Å². The molecular weight excluding hydrogens is 336 g/mol. The van der Waals surface area contributed by atoms with Crippen LogP contribution >= 0.6 is 12.4 Å². The average molecular weight is 361 g/mol. The molecule has 0 saturated heterocycles. The molecule has 1 aliphatic rings.